The van der Waals surface area contributed by atoms with Crippen molar-refractivity contribution in [3.05, 3.63) is 0 Å². The summed E-state index contributed by atoms with van der Waals surface area (Å²) in [4.78, 5) is 10.1. The number of rotatable bonds is 4. The van der Waals surface area contributed by atoms with Crippen LogP contribution in [0.3, 0.4) is 0 Å². The van der Waals surface area contributed by atoms with Gasteiger partial charge in [0.05, 0.1) is 5.94 Å². The third kappa shape index (κ3) is 4.29. The summed E-state index contributed by atoms with van der Waals surface area (Å²) in [5, 5.41) is 7.96. The zero-order valence-corrected chi connectivity index (χ0v) is 6.27. The van der Waals surface area contributed by atoms with Crippen molar-refractivity contribution in [1.29, 1.82) is 0 Å². The Morgan fingerprint density at radius 3 is 2.78 bits per heavy atom. The van der Waals surface area contributed by atoms with Crippen LogP contribution in [0.1, 0.15) is 6.92 Å². The van der Waals surface area contributed by atoms with Gasteiger partial charge in [-0.3, -0.25) is 4.79 Å². The Balaban J connectivity index is 3.27. The number of aliphatic carboxylic acids is 1. The van der Waals surface area contributed by atoms with Gasteiger partial charge >= 0.3 is 5.97 Å². The van der Waals surface area contributed by atoms with Crippen molar-refractivity contribution < 1.29 is 14.6 Å². The Kier molecular flexibility index (Phi) is 4.53. The van der Waals surface area contributed by atoms with E-state index < -0.39 is 5.97 Å². The minimum Gasteiger partial charge on any atom is -0.480 e. The summed E-state index contributed by atoms with van der Waals surface area (Å²) in [7, 11) is 1.54. The maximum Gasteiger partial charge on any atom is 0.316 e. The summed E-state index contributed by atoms with van der Waals surface area (Å²) in [6, 6.07) is 0. The SMILES string of the molecule is COCSC(C)C(=O)O. The highest BCUT2D eigenvalue weighted by Crippen LogP contribution is 2.08. The second-order valence-corrected chi connectivity index (χ2v) is 2.83. The molecule has 0 bridgehead atoms. The second kappa shape index (κ2) is 4.64. The molecule has 0 heterocycles. The molecule has 0 aliphatic rings. The fourth-order valence-electron chi connectivity index (χ4n) is 0.241. The topological polar surface area (TPSA) is 46.5 Å². The van der Waals surface area contributed by atoms with Crippen molar-refractivity contribution in [2.75, 3.05) is 13.0 Å². The predicted octanol–water partition coefficient (Wildman–Crippen LogP) is 0.797. The van der Waals surface area contributed by atoms with Gasteiger partial charge in [-0.2, -0.15) is 0 Å². The van der Waals surface area contributed by atoms with Gasteiger partial charge in [0.15, 0.2) is 0 Å². The van der Waals surface area contributed by atoms with Crippen molar-refractivity contribution in [2.24, 2.45) is 0 Å². The van der Waals surface area contributed by atoms with Crippen LogP contribution in [-0.4, -0.2) is 29.4 Å². The Morgan fingerprint density at radius 1 is 1.89 bits per heavy atom. The first-order chi connectivity index (χ1) is 4.18. The summed E-state index contributed by atoms with van der Waals surface area (Å²) in [5.74, 6) is -0.356. The van der Waals surface area contributed by atoms with Crippen LogP contribution < -0.4 is 0 Å². The molecule has 0 fully saturated rings. The molecule has 54 valence electrons. The monoisotopic (exact) mass is 150 g/mol. The first kappa shape index (κ1) is 8.78. The zero-order valence-electron chi connectivity index (χ0n) is 5.46. The molecule has 1 atom stereocenters. The van der Waals surface area contributed by atoms with Gasteiger partial charge < -0.3 is 9.84 Å². The molecule has 0 radical (unpaired) electrons. The summed E-state index contributed by atoms with van der Waals surface area (Å²) >= 11 is 1.26. The summed E-state index contributed by atoms with van der Waals surface area (Å²) < 4.78 is 4.66. The molecule has 4 heteroatoms. The Morgan fingerprint density at radius 2 is 2.44 bits per heavy atom. The van der Waals surface area contributed by atoms with E-state index in [9.17, 15) is 4.79 Å². The molecular formula is C5H10O3S. The molecule has 0 spiro atoms. The van der Waals surface area contributed by atoms with Crippen molar-refractivity contribution >= 4 is 17.7 Å². The van der Waals surface area contributed by atoms with E-state index in [1.807, 2.05) is 0 Å². The average molecular weight is 150 g/mol. The standard InChI is InChI=1S/C5H10O3S/c1-4(5(6)7)9-3-8-2/h4H,3H2,1-2H3,(H,6,7). The minimum atomic E-state index is -0.794. The van der Waals surface area contributed by atoms with Crippen LogP contribution in [0.25, 0.3) is 0 Å². The molecule has 0 rings (SSSR count). The highest BCUT2D eigenvalue weighted by molar-refractivity contribution is 8.00. The lowest BCUT2D eigenvalue weighted by atomic mass is 10.5. The molecule has 0 aliphatic heterocycles. The van der Waals surface area contributed by atoms with Gasteiger partial charge in [0.1, 0.15) is 5.25 Å². The number of carboxylic acids is 1. The van der Waals surface area contributed by atoms with Crippen molar-refractivity contribution in [3.63, 3.8) is 0 Å². The normalized spacial score (nSPS) is 13.1. The van der Waals surface area contributed by atoms with Gasteiger partial charge in [0.25, 0.3) is 0 Å². The third-order valence-electron chi connectivity index (χ3n) is 0.784. The van der Waals surface area contributed by atoms with E-state index >= 15 is 0 Å². The lowest BCUT2D eigenvalue weighted by Gasteiger charge is -2.02. The highest BCUT2D eigenvalue weighted by Gasteiger charge is 2.09. The van der Waals surface area contributed by atoms with Crippen molar-refractivity contribution in [1.82, 2.24) is 0 Å². The zero-order chi connectivity index (χ0) is 7.28. The molecule has 3 nitrogen and oxygen atoms in total. The number of methoxy groups -OCH3 is 1. The van der Waals surface area contributed by atoms with E-state index in [1.54, 1.807) is 14.0 Å². The fourth-order valence-corrected chi connectivity index (χ4v) is 0.724. The van der Waals surface area contributed by atoms with Gasteiger partial charge in [0, 0.05) is 7.11 Å². The molecule has 1 N–H and O–H groups in total. The fraction of sp³-hybridized carbons (Fsp3) is 0.800. The molecule has 1 unspecified atom stereocenters. The number of carboxylic acid groups (broad SMARTS) is 1. The molecule has 0 aromatic heterocycles. The van der Waals surface area contributed by atoms with Crippen molar-refractivity contribution in [3.8, 4) is 0 Å². The number of ether oxygens (including phenoxy) is 1. The number of carbonyl (C=O) groups is 1. The lowest BCUT2D eigenvalue weighted by molar-refractivity contribution is -0.136. The highest BCUT2D eigenvalue weighted by atomic mass is 32.2. The van der Waals surface area contributed by atoms with Gasteiger partial charge in [-0.15, -0.1) is 11.8 Å². The van der Waals surface area contributed by atoms with Gasteiger partial charge in [-0.1, -0.05) is 0 Å². The largest absolute Gasteiger partial charge is 0.480 e. The van der Waals surface area contributed by atoms with Crippen LogP contribution in [0.2, 0.25) is 0 Å². The molecule has 0 saturated carbocycles. The molecule has 0 amide bonds. The average Bonchev–Trinajstić information content (AvgIpc) is 1.82. The summed E-state index contributed by atoms with van der Waals surface area (Å²) in [6.07, 6.45) is 0. The minimum absolute atomic E-state index is 0.370. The molecule has 0 aromatic carbocycles. The number of hydrogen-bond donors (Lipinski definition) is 1. The van der Waals surface area contributed by atoms with E-state index in [1.165, 1.54) is 11.8 Å². The number of hydrogen-bond acceptors (Lipinski definition) is 3. The van der Waals surface area contributed by atoms with Crippen molar-refractivity contribution in [2.45, 2.75) is 12.2 Å². The molecule has 0 aliphatic carbocycles. The summed E-state index contributed by atoms with van der Waals surface area (Å²) in [5.41, 5.74) is 0. The molecule has 0 aromatic rings. The van der Waals surface area contributed by atoms with Crippen LogP contribution in [0.15, 0.2) is 0 Å². The summed E-state index contributed by atoms with van der Waals surface area (Å²) in [6.45, 7) is 1.63. The number of thioether (sulfide) groups is 1. The lowest BCUT2D eigenvalue weighted by Crippen LogP contribution is -2.12. The molecule has 0 saturated heterocycles. The van der Waals surface area contributed by atoms with Gasteiger partial charge in [-0.25, -0.2) is 0 Å². The first-order valence-corrected chi connectivity index (χ1v) is 3.56. The van der Waals surface area contributed by atoms with Gasteiger partial charge in [-0.05, 0) is 6.92 Å². The van der Waals surface area contributed by atoms with Crippen LogP contribution >= 0.6 is 11.8 Å². The molecule has 9 heavy (non-hydrogen) atoms. The predicted molar refractivity (Wildman–Crippen MR) is 36.6 cm³/mol. The van der Waals surface area contributed by atoms with E-state index in [-0.39, 0.29) is 5.25 Å². The Hall–Kier alpha value is -0.220. The van der Waals surface area contributed by atoms with E-state index in [0.717, 1.165) is 0 Å². The van der Waals surface area contributed by atoms with E-state index in [4.69, 9.17) is 5.11 Å². The van der Waals surface area contributed by atoms with Gasteiger partial charge in [0.2, 0.25) is 0 Å². The Labute approximate surface area is 58.4 Å². The van der Waals surface area contributed by atoms with E-state index in [0.29, 0.717) is 5.94 Å². The third-order valence-corrected chi connectivity index (χ3v) is 1.86. The van der Waals surface area contributed by atoms with Crippen LogP contribution in [0.5, 0.6) is 0 Å². The Bertz CT molecular complexity index is 94.2. The maximum absolute atomic E-state index is 10.1. The van der Waals surface area contributed by atoms with Crippen LogP contribution in [0, 0.1) is 0 Å². The molecular weight excluding hydrogens is 140 g/mol. The second-order valence-electron chi connectivity index (χ2n) is 1.55. The maximum atomic E-state index is 10.1. The van der Waals surface area contributed by atoms with E-state index in [2.05, 4.69) is 4.74 Å². The first-order valence-electron chi connectivity index (χ1n) is 2.52. The van der Waals surface area contributed by atoms with Crippen LogP contribution in [-0.2, 0) is 9.53 Å². The quantitative estimate of drug-likeness (QED) is 0.602. The smallest absolute Gasteiger partial charge is 0.316 e. The van der Waals surface area contributed by atoms with Crippen LogP contribution in [0.4, 0.5) is 0 Å².